The fraction of sp³-hybridized carbons (Fsp3) is 0.125. The fourth-order valence-corrected chi connectivity index (χ4v) is 3.27. The average molecular weight is 316 g/mol. The second kappa shape index (κ2) is 6.19. The van der Waals surface area contributed by atoms with E-state index in [9.17, 15) is 14.0 Å². The first-order chi connectivity index (χ1) is 10.7. The number of carbonyl (C=O) groups is 2. The van der Waals surface area contributed by atoms with Crippen LogP contribution in [0.15, 0.2) is 47.4 Å². The van der Waals surface area contributed by atoms with E-state index in [1.54, 1.807) is 29.2 Å². The Kier molecular flexibility index (Phi) is 4.11. The maximum absolute atomic E-state index is 13.3. The molecule has 0 aromatic heterocycles. The molecule has 1 N–H and O–H groups in total. The minimum Gasteiger partial charge on any atom is -0.329 e. The number of thioether (sulfide) groups is 1. The molecule has 6 heteroatoms. The summed E-state index contributed by atoms with van der Waals surface area (Å²) in [6, 6.07) is 11.6. The molecule has 1 heterocycles. The lowest BCUT2D eigenvalue weighted by atomic mass is 10.1. The van der Waals surface area contributed by atoms with Gasteiger partial charge in [-0.2, -0.15) is 0 Å². The second-order valence-corrected chi connectivity index (χ2v) is 5.86. The lowest BCUT2D eigenvalue weighted by Crippen LogP contribution is -2.34. The van der Waals surface area contributed by atoms with Crippen molar-refractivity contribution >= 4 is 35.5 Å². The van der Waals surface area contributed by atoms with Gasteiger partial charge < -0.3 is 10.2 Å². The van der Waals surface area contributed by atoms with Crippen LogP contribution < -0.4 is 10.2 Å². The van der Waals surface area contributed by atoms with Gasteiger partial charge in [-0.25, -0.2) is 4.39 Å². The molecule has 0 radical (unpaired) electrons. The summed E-state index contributed by atoms with van der Waals surface area (Å²) in [6.07, 6.45) is 0.594. The summed E-state index contributed by atoms with van der Waals surface area (Å²) in [5.41, 5.74) is 2.07. The molecule has 0 saturated carbocycles. The number of fused-ring (bicyclic) bond motifs is 1. The van der Waals surface area contributed by atoms with Crippen LogP contribution in [0, 0.1) is 5.82 Å². The standard InChI is InChI=1S/C16H13FN2O2S/c17-12-3-1-2-11(6-12)8-19-14-7-13(18-10-20)4-5-15(14)22-9-16(19)21/h1-7,10H,8-9H2,(H,18,20). The molecule has 0 atom stereocenters. The van der Waals surface area contributed by atoms with E-state index in [-0.39, 0.29) is 11.7 Å². The number of nitrogens with one attached hydrogen (secondary N) is 1. The van der Waals surface area contributed by atoms with E-state index >= 15 is 0 Å². The number of halogens is 1. The first-order valence-electron chi connectivity index (χ1n) is 6.69. The summed E-state index contributed by atoms with van der Waals surface area (Å²) in [5.74, 6) is -0.0130. The summed E-state index contributed by atoms with van der Waals surface area (Å²) in [6.45, 7) is 0.300. The molecule has 1 aliphatic rings. The molecule has 4 nitrogen and oxygen atoms in total. The number of amides is 2. The molecular formula is C16H13FN2O2S. The van der Waals surface area contributed by atoms with Crippen molar-refractivity contribution in [2.45, 2.75) is 11.4 Å². The molecule has 22 heavy (non-hydrogen) atoms. The molecule has 3 rings (SSSR count). The summed E-state index contributed by atoms with van der Waals surface area (Å²) in [5, 5.41) is 2.58. The van der Waals surface area contributed by atoms with E-state index < -0.39 is 0 Å². The van der Waals surface area contributed by atoms with Gasteiger partial charge in [0.15, 0.2) is 0 Å². The van der Waals surface area contributed by atoms with Crippen LogP contribution in [0.5, 0.6) is 0 Å². The number of anilines is 2. The Bertz CT molecular complexity index is 736. The molecule has 2 amide bonds. The molecule has 0 fully saturated rings. The SMILES string of the molecule is O=CNc1ccc2c(c1)N(Cc1cccc(F)c1)C(=O)CS2. The van der Waals surface area contributed by atoms with Gasteiger partial charge in [-0.05, 0) is 35.9 Å². The summed E-state index contributed by atoms with van der Waals surface area (Å²) in [4.78, 5) is 25.4. The molecule has 0 aliphatic carbocycles. The summed E-state index contributed by atoms with van der Waals surface area (Å²) in [7, 11) is 0. The van der Waals surface area contributed by atoms with Gasteiger partial charge in [0.2, 0.25) is 12.3 Å². The molecule has 0 bridgehead atoms. The van der Waals surface area contributed by atoms with E-state index in [1.807, 2.05) is 6.07 Å². The highest BCUT2D eigenvalue weighted by molar-refractivity contribution is 8.00. The van der Waals surface area contributed by atoms with Crippen molar-refractivity contribution in [1.29, 1.82) is 0 Å². The first kappa shape index (κ1) is 14.6. The minimum atomic E-state index is -0.326. The fourth-order valence-electron chi connectivity index (χ4n) is 2.35. The highest BCUT2D eigenvalue weighted by atomic mass is 32.2. The highest BCUT2D eigenvalue weighted by Gasteiger charge is 2.25. The van der Waals surface area contributed by atoms with Crippen LogP contribution in [0.3, 0.4) is 0 Å². The molecule has 1 aliphatic heterocycles. The Morgan fingerprint density at radius 1 is 1.27 bits per heavy atom. The Morgan fingerprint density at radius 3 is 2.91 bits per heavy atom. The van der Waals surface area contributed by atoms with E-state index in [1.165, 1.54) is 23.9 Å². The zero-order valence-electron chi connectivity index (χ0n) is 11.6. The predicted molar refractivity (Wildman–Crippen MR) is 84.4 cm³/mol. The monoisotopic (exact) mass is 316 g/mol. The molecule has 2 aromatic rings. The minimum absolute atomic E-state index is 0.0370. The van der Waals surface area contributed by atoms with Gasteiger partial charge in [0.1, 0.15) is 5.82 Å². The molecule has 0 saturated heterocycles. The third-order valence-electron chi connectivity index (χ3n) is 3.36. The smallest absolute Gasteiger partial charge is 0.237 e. The number of carbonyl (C=O) groups excluding carboxylic acids is 2. The van der Waals surface area contributed by atoms with Crippen LogP contribution in [0.2, 0.25) is 0 Å². The van der Waals surface area contributed by atoms with Crippen molar-refractivity contribution in [2.24, 2.45) is 0 Å². The lowest BCUT2D eigenvalue weighted by Gasteiger charge is -2.29. The molecular weight excluding hydrogens is 303 g/mol. The van der Waals surface area contributed by atoms with Crippen LogP contribution in [-0.2, 0) is 16.1 Å². The van der Waals surface area contributed by atoms with Gasteiger partial charge in [0, 0.05) is 10.6 Å². The zero-order valence-corrected chi connectivity index (χ0v) is 12.4. The Balaban J connectivity index is 1.95. The van der Waals surface area contributed by atoms with Crippen LogP contribution in [0.4, 0.5) is 15.8 Å². The van der Waals surface area contributed by atoms with Gasteiger partial charge >= 0.3 is 0 Å². The zero-order chi connectivity index (χ0) is 15.5. The second-order valence-electron chi connectivity index (χ2n) is 4.84. The van der Waals surface area contributed by atoms with Gasteiger partial charge in [0.25, 0.3) is 0 Å². The highest BCUT2D eigenvalue weighted by Crippen LogP contribution is 2.37. The maximum atomic E-state index is 13.3. The largest absolute Gasteiger partial charge is 0.329 e. The topological polar surface area (TPSA) is 49.4 Å². The van der Waals surface area contributed by atoms with Gasteiger partial charge in [-0.1, -0.05) is 12.1 Å². The Labute approximate surface area is 131 Å². The molecule has 112 valence electrons. The molecule has 0 spiro atoms. The van der Waals surface area contributed by atoms with Crippen molar-refractivity contribution in [2.75, 3.05) is 16.0 Å². The third kappa shape index (κ3) is 2.96. The molecule has 2 aromatic carbocycles. The van der Waals surface area contributed by atoms with Gasteiger partial charge in [0.05, 0.1) is 18.0 Å². The van der Waals surface area contributed by atoms with E-state index in [4.69, 9.17) is 0 Å². The van der Waals surface area contributed by atoms with E-state index in [0.29, 0.717) is 24.4 Å². The summed E-state index contributed by atoms with van der Waals surface area (Å²) < 4.78 is 13.3. The normalized spacial score (nSPS) is 13.7. The lowest BCUT2D eigenvalue weighted by molar-refractivity contribution is -0.116. The van der Waals surface area contributed by atoms with E-state index in [2.05, 4.69) is 5.32 Å². The van der Waals surface area contributed by atoms with Crippen molar-refractivity contribution in [3.05, 3.63) is 53.8 Å². The van der Waals surface area contributed by atoms with Crippen molar-refractivity contribution in [1.82, 2.24) is 0 Å². The maximum Gasteiger partial charge on any atom is 0.237 e. The van der Waals surface area contributed by atoms with Crippen LogP contribution >= 0.6 is 11.8 Å². The Hall–Kier alpha value is -2.34. The molecule has 0 unspecified atom stereocenters. The van der Waals surface area contributed by atoms with E-state index in [0.717, 1.165) is 16.1 Å². The number of benzene rings is 2. The van der Waals surface area contributed by atoms with Gasteiger partial charge in [-0.15, -0.1) is 11.8 Å². The number of nitrogens with zero attached hydrogens (tertiary/aromatic N) is 1. The number of hydrogen-bond acceptors (Lipinski definition) is 3. The third-order valence-corrected chi connectivity index (χ3v) is 4.40. The van der Waals surface area contributed by atoms with Gasteiger partial charge in [-0.3, -0.25) is 9.59 Å². The van der Waals surface area contributed by atoms with Crippen molar-refractivity contribution in [3.8, 4) is 0 Å². The predicted octanol–water partition coefficient (Wildman–Crippen LogP) is 3.03. The van der Waals surface area contributed by atoms with Crippen LogP contribution in [0.1, 0.15) is 5.56 Å². The summed E-state index contributed by atoms with van der Waals surface area (Å²) >= 11 is 1.46. The number of hydrogen-bond donors (Lipinski definition) is 1. The Morgan fingerprint density at radius 2 is 2.14 bits per heavy atom. The quantitative estimate of drug-likeness (QED) is 0.882. The van der Waals surface area contributed by atoms with Crippen molar-refractivity contribution in [3.63, 3.8) is 0 Å². The average Bonchev–Trinajstić information content (AvgIpc) is 2.51. The van der Waals surface area contributed by atoms with Crippen LogP contribution in [-0.4, -0.2) is 18.1 Å². The number of rotatable bonds is 4. The van der Waals surface area contributed by atoms with Crippen molar-refractivity contribution < 1.29 is 14.0 Å². The van der Waals surface area contributed by atoms with Crippen LogP contribution in [0.25, 0.3) is 0 Å². The first-order valence-corrected chi connectivity index (χ1v) is 7.68.